The first-order chi connectivity index (χ1) is 12.7. The van der Waals surface area contributed by atoms with Crippen molar-refractivity contribution < 1.29 is 30.7 Å². The number of hydrogen-bond acceptors (Lipinski definition) is 3. The van der Waals surface area contributed by atoms with Crippen LogP contribution in [0.15, 0.2) is 29.2 Å². The molecule has 0 bridgehead atoms. The fraction of sp³-hybridized carbons (Fsp3) is 0.333. The minimum Gasteiger partial charge on any atom is -0.491 e. The van der Waals surface area contributed by atoms with Crippen molar-refractivity contribution in [1.29, 1.82) is 0 Å². The van der Waals surface area contributed by atoms with Gasteiger partial charge in [0.2, 0.25) is 21.7 Å². The summed E-state index contributed by atoms with van der Waals surface area (Å²) >= 11 is 0. The summed E-state index contributed by atoms with van der Waals surface area (Å²) in [6.07, 6.45) is 1.44. The van der Waals surface area contributed by atoms with Crippen LogP contribution in [0.1, 0.15) is 30.0 Å². The van der Waals surface area contributed by atoms with Crippen molar-refractivity contribution >= 4 is 10.0 Å². The second kappa shape index (κ2) is 7.12. The van der Waals surface area contributed by atoms with Crippen LogP contribution >= 0.6 is 0 Å². The highest BCUT2D eigenvalue weighted by atomic mass is 32.2. The largest absolute Gasteiger partial charge is 0.491 e. The molecule has 0 radical (unpaired) electrons. The molecule has 0 spiro atoms. The van der Waals surface area contributed by atoms with Crippen molar-refractivity contribution in [3.05, 3.63) is 58.7 Å². The molecule has 0 aromatic heterocycles. The van der Waals surface area contributed by atoms with Crippen LogP contribution in [0.25, 0.3) is 0 Å². The molecular formula is C18H17F4NO3S. The first kappa shape index (κ1) is 19.6. The molecule has 1 aliphatic rings. The fourth-order valence-electron chi connectivity index (χ4n) is 2.87. The lowest BCUT2D eigenvalue weighted by atomic mass is 10.0. The van der Waals surface area contributed by atoms with Crippen LogP contribution in [0.5, 0.6) is 5.75 Å². The number of methoxy groups -OCH3 is 1. The predicted octanol–water partition coefficient (Wildman–Crippen LogP) is 3.99. The van der Waals surface area contributed by atoms with Gasteiger partial charge in [-0.05, 0) is 31.2 Å². The lowest BCUT2D eigenvalue weighted by Crippen LogP contribution is -2.32. The Morgan fingerprint density at radius 1 is 1.00 bits per heavy atom. The summed E-state index contributed by atoms with van der Waals surface area (Å²) in [7, 11) is -4.08. The first-order valence-electron chi connectivity index (χ1n) is 8.16. The summed E-state index contributed by atoms with van der Waals surface area (Å²) in [6.45, 7) is 1.85. The van der Waals surface area contributed by atoms with Crippen LogP contribution in [-0.4, -0.2) is 15.5 Å². The van der Waals surface area contributed by atoms with Crippen LogP contribution in [0.2, 0.25) is 0 Å². The average Bonchev–Trinajstić information content (AvgIpc) is 3.44. The minimum absolute atomic E-state index is 0.0680. The topological polar surface area (TPSA) is 55.4 Å². The van der Waals surface area contributed by atoms with Gasteiger partial charge < -0.3 is 4.74 Å². The number of ether oxygens (including phenoxy) is 1. The van der Waals surface area contributed by atoms with E-state index < -0.39 is 50.0 Å². The maximum absolute atomic E-state index is 14.2. The molecule has 4 nitrogen and oxygen atoms in total. The lowest BCUT2D eigenvalue weighted by molar-refractivity contribution is 0.322. The van der Waals surface area contributed by atoms with Gasteiger partial charge in [-0.15, -0.1) is 0 Å². The third kappa shape index (κ3) is 3.66. The Kier molecular flexibility index (Phi) is 5.18. The van der Waals surface area contributed by atoms with E-state index in [1.807, 2.05) is 6.92 Å². The van der Waals surface area contributed by atoms with Crippen LogP contribution in [0.3, 0.4) is 0 Å². The lowest BCUT2D eigenvalue weighted by Gasteiger charge is -2.20. The van der Waals surface area contributed by atoms with Gasteiger partial charge in [0.1, 0.15) is 0 Å². The standard InChI is InChI=1S/C18H17F4NO3S/c1-9-3-5-10(6-4-9)16(11-7-8-11)23-27(24,25)18-14(21)12(19)17(26-2)13(20)15(18)22/h3-6,11,16,23H,7-8H2,1-2H3. The van der Waals surface area contributed by atoms with Crippen molar-refractivity contribution in [2.24, 2.45) is 5.92 Å². The van der Waals surface area contributed by atoms with E-state index in [0.717, 1.165) is 25.5 Å². The highest BCUT2D eigenvalue weighted by molar-refractivity contribution is 7.89. The number of aryl methyl sites for hydroxylation is 1. The molecular weight excluding hydrogens is 386 g/mol. The van der Waals surface area contributed by atoms with E-state index in [-0.39, 0.29) is 5.92 Å². The smallest absolute Gasteiger partial charge is 0.247 e. The third-order valence-corrected chi connectivity index (χ3v) is 5.93. The van der Waals surface area contributed by atoms with Crippen LogP contribution in [-0.2, 0) is 10.0 Å². The highest BCUT2D eigenvalue weighted by Crippen LogP contribution is 2.42. The molecule has 0 saturated heterocycles. The number of halogens is 4. The molecule has 0 heterocycles. The third-order valence-electron chi connectivity index (χ3n) is 4.47. The summed E-state index contributed by atoms with van der Waals surface area (Å²) in [4.78, 5) is -1.70. The molecule has 1 atom stereocenters. The van der Waals surface area contributed by atoms with Crippen molar-refractivity contribution in [3.63, 3.8) is 0 Å². The molecule has 2 aromatic rings. The summed E-state index contributed by atoms with van der Waals surface area (Å²) in [5.74, 6) is -9.26. The molecule has 0 aliphatic heterocycles. The number of nitrogens with one attached hydrogen (secondary N) is 1. The first-order valence-corrected chi connectivity index (χ1v) is 9.64. The molecule has 2 aromatic carbocycles. The summed E-state index contributed by atoms with van der Waals surface area (Å²) in [6, 6.07) is 6.17. The van der Waals surface area contributed by atoms with Gasteiger partial charge in [0.05, 0.1) is 7.11 Å². The molecule has 1 N–H and O–H groups in total. The molecule has 1 saturated carbocycles. The minimum atomic E-state index is -4.89. The highest BCUT2D eigenvalue weighted by Gasteiger charge is 2.39. The van der Waals surface area contributed by atoms with E-state index in [1.165, 1.54) is 0 Å². The normalized spacial score (nSPS) is 15.6. The Hall–Kier alpha value is -2.13. The molecule has 1 aliphatic carbocycles. The van der Waals surface area contributed by atoms with Gasteiger partial charge in [-0.1, -0.05) is 29.8 Å². The van der Waals surface area contributed by atoms with Crippen LogP contribution in [0.4, 0.5) is 17.6 Å². The van der Waals surface area contributed by atoms with Crippen molar-refractivity contribution in [1.82, 2.24) is 4.72 Å². The van der Waals surface area contributed by atoms with E-state index in [2.05, 4.69) is 9.46 Å². The van der Waals surface area contributed by atoms with Crippen LogP contribution < -0.4 is 9.46 Å². The van der Waals surface area contributed by atoms with E-state index in [0.29, 0.717) is 5.56 Å². The molecule has 0 amide bonds. The Balaban J connectivity index is 2.05. The van der Waals surface area contributed by atoms with Crippen LogP contribution in [0, 0.1) is 36.1 Å². The number of sulfonamides is 1. The molecule has 146 valence electrons. The van der Waals surface area contributed by atoms with Gasteiger partial charge in [0.15, 0.2) is 22.3 Å². The van der Waals surface area contributed by atoms with Gasteiger partial charge in [-0.25, -0.2) is 21.9 Å². The number of rotatable bonds is 6. The monoisotopic (exact) mass is 403 g/mol. The number of benzene rings is 2. The van der Waals surface area contributed by atoms with E-state index in [1.54, 1.807) is 24.3 Å². The second-order valence-corrected chi connectivity index (χ2v) is 8.12. The summed E-state index contributed by atoms with van der Waals surface area (Å²) in [5.41, 5.74) is 1.55. The Morgan fingerprint density at radius 3 is 1.96 bits per heavy atom. The Bertz CT molecular complexity index is 944. The number of hydrogen-bond donors (Lipinski definition) is 1. The van der Waals surface area contributed by atoms with Gasteiger partial charge >= 0.3 is 0 Å². The fourth-order valence-corrected chi connectivity index (χ4v) is 4.30. The molecule has 3 rings (SSSR count). The van der Waals surface area contributed by atoms with Gasteiger partial charge in [0, 0.05) is 6.04 Å². The zero-order valence-electron chi connectivity index (χ0n) is 14.5. The SMILES string of the molecule is COc1c(F)c(F)c(S(=O)(=O)NC(c2ccc(C)cc2)C2CC2)c(F)c1F. The van der Waals surface area contributed by atoms with Gasteiger partial charge in [-0.3, -0.25) is 0 Å². The zero-order valence-corrected chi connectivity index (χ0v) is 15.3. The van der Waals surface area contributed by atoms with Crippen molar-refractivity contribution in [2.45, 2.75) is 30.7 Å². The van der Waals surface area contributed by atoms with E-state index in [4.69, 9.17) is 0 Å². The molecule has 27 heavy (non-hydrogen) atoms. The molecule has 9 heteroatoms. The quantitative estimate of drug-likeness (QED) is 0.586. The van der Waals surface area contributed by atoms with Gasteiger partial charge in [-0.2, -0.15) is 8.78 Å². The molecule has 1 fully saturated rings. The average molecular weight is 403 g/mol. The second-order valence-electron chi connectivity index (χ2n) is 6.47. The Morgan fingerprint density at radius 2 is 1.52 bits per heavy atom. The Labute approximate surface area is 154 Å². The van der Waals surface area contributed by atoms with E-state index in [9.17, 15) is 26.0 Å². The predicted molar refractivity (Wildman–Crippen MR) is 89.8 cm³/mol. The van der Waals surface area contributed by atoms with Crippen molar-refractivity contribution in [2.75, 3.05) is 7.11 Å². The zero-order chi connectivity index (χ0) is 19.9. The molecule has 1 unspecified atom stereocenters. The van der Waals surface area contributed by atoms with Gasteiger partial charge in [0.25, 0.3) is 0 Å². The summed E-state index contributed by atoms with van der Waals surface area (Å²) in [5, 5.41) is 0. The van der Waals surface area contributed by atoms with E-state index >= 15 is 0 Å². The van der Waals surface area contributed by atoms with Crippen molar-refractivity contribution in [3.8, 4) is 5.75 Å². The maximum Gasteiger partial charge on any atom is 0.247 e. The summed E-state index contributed by atoms with van der Waals surface area (Å²) < 4.78 is 87.9. The maximum atomic E-state index is 14.2.